The van der Waals surface area contributed by atoms with Gasteiger partial charge in [0.2, 0.25) is 5.79 Å². The Hall–Kier alpha value is -1.64. The Morgan fingerprint density at radius 2 is 1.63 bits per heavy atom. The largest absolute Gasteiger partial charge is 0.337 e. The molecule has 3 rings (SSSR count). The highest BCUT2D eigenvalue weighted by Gasteiger charge is 2.43. The Bertz CT molecular complexity index is 607. The molecule has 2 aromatic carbocycles. The van der Waals surface area contributed by atoms with Crippen molar-refractivity contribution in [3.63, 3.8) is 0 Å². The zero-order valence-corrected chi connectivity index (χ0v) is 11.3. The van der Waals surface area contributed by atoms with Crippen molar-refractivity contribution in [3.8, 4) is 0 Å². The molecule has 98 valence electrons. The monoisotopic (exact) mass is 254 g/mol. The number of ether oxygens (including phenoxy) is 2. The summed E-state index contributed by atoms with van der Waals surface area (Å²) in [6.45, 7) is 7.94. The summed E-state index contributed by atoms with van der Waals surface area (Å²) in [5.41, 5.74) is 0.998. The molecule has 1 saturated heterocycles. The van der Waals surface area contributed by atoms with Crippen LogP contribution in [0.4, 0.5) is 0 Å². The predicted molar refractivity (Wildman–Crippen MR) is 76.9 cm³/mol. The van der Waals surface area contributed by atoms with Gasteiger partial charge in [0, 0.05) is 5.56 Å². The standard InChI is InChI=1S/C17H18O2/c1-4-17(18-12(2)13(3)19-17)16-10-9-14-7-5-6-8-15(14)11-16/h4-13H,1H2,2-3H3. The summed E-state index contributed by atoms with van der Waals surface area (Å²) in [5, 5.41) is 2.39. The fourth-order valence-electron chi connectivity index (χ4n) is 2.53. The second-order valence-electron chi connectivity index (χ2n) is 5.08. The average molecular weight is 254 g/mol. The molecule has 2 nitrogen and oxygen atoms in total. The van der Waals surface area contributed by atoms with Crippen LogP contribution in [0.2, 0.25) is 0 Å². The summed E-state index contributed by atoms with van der Waals surface area (Å²) in [6.07, 6.45) is 1.87. The van der Waals surface area contributed by atoms with Crippen molar-refractivity contribution >= 4 is 10.8 Å². The molecule has 0 spiro atoms. The molecule has 2 unspecified atom stereocenters. The summed E-state index contributed by atoms with van der Waals surface area (Å²) in [5.74, 6) is -0.817. The normalized spacial score (nSPS) is 30.6. The van der Waals surface area contributed by atoms with E-state index in [1.807, 2.05) is 26.0 Å². The lowest BCUT2D eigenvalue weighted by atomic mass is 10.0. The fraction of sp³-hybridized carbons (Fsp3) is 0.294. The second-order valence-corrected chi connectivity index (χ2v) is 5.08. The lowest BCUT2D eigenvalue weighted by Gasteiger charge is -2.25. The van der Waals surface area contributed by atoms with Crippen molar-refractivity contribution < 1.29 is 9.47 Å². The van der Waals surface area contributed by atoms with Gasteiger partial charge < -0.3 is 9.47 Å². The predicted octanol–water partition coefficient (Wildman–Crippen LogP) is 4.00. The average Bonchev–Trinajstić information content (AvgIpc) is 2.75. The van der Waals surface area contributed by atoms with E-state index in [0.29, 0.717) is 0 Å². The molecule has 0 aliphatic carbocycles. The highest BCUT2D eigenvalue weighted by Crippen LogP contribution is 2.39. The van der Waals surface area contributed by atoms with Gasteiger partial charge in [0.25, 0.3) is 0 Å². The molecule has 1 aliphatic heterocycles. The lowest BCUT2D eigenvalue weighted by Crippen LogP contribution is -2.25. The number of fused-ring (bicyclic) bond motifs is 1. The van der Waals surface area contributed by atoms with E-state index < -0.39 is 5.79 Å². The van der Waals surface area contributed by atoms with Gasteiger partial charge in [-0.15, -0.1) is 0 Å². The SMILES string of the molecule is C=CC1(c2ccc3ccccc3c2)OC(C)C(C)O1. The highest BCUT2D eigenvalue weighted by atomic mass is 16.8. The fourth-order valence-corrected chi connectivity index (χ4v) is 2.53. The van der Waals surface area contributed by atoms with Crippen LogP contribution in [0.15, 0.2) is 55.1 Å². The third-order valence-corrected chi connectivity index (χ3v) is 3.80. The first kappa shape index (κ1) is 12.4. The van der Waals surface area contributed by atoms with Gasteiger partial charge in [-0.2, -0.15) is 0 Å². The van der Waals surface area contributed by atoms with Gasteiger partial charge >= 0.3 is 0 Å². The number of benzene rings is 2. The molecular formula is C17H18O2. The van der Waals surface area contributed by atoms with Crippen LogP contribution in [0.25, 0.3) is 10.8 Å². The Labute approximate surface area is 113 Å². The summed E-state index contributed by atoms with van der Waals surface area (Å²) >= 11 is 0. The van der Waals surface area contributed by atoms with E-state index in [1.54, 1.807) is 6.08 Å². The molecule has 1 fully saturated rings. The Morgan fingerprint density at radius 3 is 2.26 bits per heavy atom. The van der Waals surface area contributed by atoms with Crippen LogP contribution in [0.5, 0.6) is 0 Å². The van der Waals surface area contributed by atoms with E-state index in [2.05, 4.69) is 36.9 Å². The molecule has 1 heterocycles. The van der Waals surface area contributed by atoms with Crippen LogP contribution in [0.3, 0.4) is 0 Å². The van der Waals surface area contributed by atoms with Crippen LogP contribution in [-0.2, 0) is 15.3 Å². The van der Waals surface area contributed by atoms with Crippen LogP contribution < -0.4 is 0 Å². The summed E-state index contributed by atoms with van der Waals surface area (Å²) in [7, 11) is 0. The topological polar surface area (TPSA) is 18.5 Å². The minimum absolute atomic E-state index is 0.0597. The van der Waals surface area contributed by atoms with Gasteiger partial charge in [-0.05, 0) is 36.8 Å². The maximum Gasteiger partial charge on any atom is 0.215 e. The van der Waals surface area contributed by atoms with Crippen molar-refractivity contribution in [2.45, 2.75) is 31.8 Å². The Morgan fingerprint density at radius 1 is 1.00 bits per heavy atom. The molecule has 0 saturated carbocycles. The molecule has 0 radical (unpaired) electrons. The van der Waals surface area contributed by atoms with Crippen LogP contribution in [0.1, 0.15) is 19.4 Å². The maximum atomic E-state index is 6.01. The number of rotatable bonds is 2. The first-order chi connectivity index (χ1) is 9.14. The van der Waals surface area contributed by atoms with Crippen LogP contribution in [-0.4, -0.2) is 12.2 Å². The maximum absolute atomic E-state index is 6.01. The van der Waals surface area contributed by atoms with Crippen LogP contribution in [0, 0.1) is 0 Å². The van der Waals surface area contributed by atoms with E-state index in [4.69, 9.17) is 9.47 Å². The summed E-state index contributed by atoms with van der Waals surface area (Å²) in [4.78, 5) is 0. The zero-order valence-electron chi connectivity index (χ0n) is 11.3. The lowest BCUT2D eigenvalue weighted by molar-refractivity contribution is -0.141. The molecule has 0 N–H and O–H groups in total. The van der Waals surface area contributed by atoms with Gasteiger partial charge in [0.1, 0.15) is 0 Å². The quantitative estimate of drug-likeness (QED) is 0.754. The number of hydrogen-bond acceptors (Lipinski definition) is 2. The van der Waals surface area contributed by atoms with Crippen molar-refractivity contribution in [2.75, 3.05) is 0 Å². The second kappa shape index (κ2) is 4.48. The third-order valence-electron chi connectivity index (χ3n) is 3.80. The molecule has 19 heavy (non-hydrogen) atoms. The van der Waals surface area contributed by atoms with Crippen molar-refractivity contribution in [1.29, 1.82) is 0 Å². The first-order valence-electron chi connectivity index (χ1n) is 6.63. The van der Waals surface area contributed by atoms with Crippen molar-refractivity contribution in [1.82, 2.24) is 0 Å². The van der Waals surface area contributed by atoms with Gasteiger partial charge in [-0.3, -0.25) is 0 Å². The van der Waals surface area contributed by atoms with Gasteiger partial charge in [0.15, 0.2) is 0 Å². The molecule has 0 amide bonds. The molecule has 2 aromatic rings. The Balaban J connectivity index is 2.09. The molecule has 2 atom stereocenters. The van der Waals surface area contributed by atoms with E-state index >= 15 is 0 Å². The molecule has 0 bridgehead atoms. The summed E-state index contributed by atoms with van der Waals surface area (Å²) < 4.78 is 12.0. The first-order valence-corrected chi connectivity index (χ1v) is 6.63. The molecule has 0 aromatic heterocycles. The van der Waals surface area contributed by atoms with Gasteiger partial charge in [0.05, 0.1) is 12.2 Å². The van der Waals surface area contributed by atoms with Gasteiger partial charge in [-0.1, -0.05) is 43.0 Å². The smallest absolute Gasteiger partial charge is 0.215 e. The molecule has 1 aliphatic rings. The van der Waals surface area contributed by atoms with E-state index in [-0.39, 0.29) is 12.2 Å². The van der Waals surface area contributed by atoms with Crippen LogP contribution >= 0.6 is 0 Å². The van der Waals surface area contributed by atoms with Crippen molar-refractivity contribution in [3.05, 3.63) is 60.7 Å². The Kier molecular flexibility index (Phi) is 2.92. The number of hydrogen-bond donors (Lipinski definition) is 0. The third kappa shape index (κ3) is 1.97. The summed E-state index contributed by atoms with van der Waals surface area (Å²) in [6, 6.07) is 14.5. The molecular weight excluding hydrogens is 236 g/mol. The van der Waals surface area contributed by atoms with E-state index in [1.165, 1.54) is 10.8 Å². The highest BCUT2D eigenvalue weighted by molar-refractivity contribution is 5.83. The van der Waals surface area contributed by atoms with Crippen molar-refractivity contribution in [2.24, 2.45) is 0 Å². The van der Waals surface area contributed by atoms with Gasteiger partial charge in [-0.25, -0.2) is 0 Å². The zero-order chi connectivity index (χ0) is 13.5. The van der Waals surface area contributed by atoms with E-state index in [0.717, 1.165) is 5.56 Å². The van der Waals surface area contributed by atoms with E-state index in [9.17, 15) is 0 Å². The minimum atomic E-state index is -0.817. The molecule has 2 heteroatoms. The minimum Gasteiger partial charge on any atom is -0.337 e.